The number of hydrogen-bond acceptors (Lipinski definition) is 5. The topological polar surface area (TPSA) is 64.3 Å². The van der Waals surface area contributed by atoms with Gasteiger partial charge in [-0.2, -0.15) is 4.98 Å². The van der Waals surface area contributed by atoms with Crippen molar-refractivity contribution in [3.8, 4) is 0 Å². The monoisotopic (exact) mass is 360 g/mol. The second-order valence-electron chi connectivity index (χ2n) is 6.82. The fourth-order valence-corrected chi connectivity index (χ4v) is 3.71. The van der Waals surface area contributed by atoms with Crippen LogP contribution in [0.3, 0.4) is 0 Å². The van der Waals surface area contributed by atoms with Crippen molar-refractivity contribution in [3.05, 3.63) is 84.1 Å². The van der Waals surface area contributed by atoms with Gasteiger partial charge in [-0.3, -0.25) is 0 Å². The molecule has 0 bridgehead atoms. The molecule has 1 fully saturated rings. The van der Waals surface area contributed by atoms with Gasteiger partial charge in [0.15, 0.2) is 0 Å². The van der Waals surface area contributed by atoms with Crippen LogP contribution in [0.15, 0.2) is 72.9 Å². The van der Waals surface area contributed by atoms with E-state index in [0.717, 1.165) is 25.3 Å². The van der Waals surface area contributed by atoms with E-state index in [-0.39, 0.29) is 6.10 Å². The molecular weight excluding hydrogens is 336 g/mol. The zero-order valence-corrected chi connectivity index (χ0v) is 15.2. The summed E-state index contributed by atoms with van der Waals surface area (Å²) < 4.78 is 6.12. The van der Waals surface area contributed by atoms with Crippen molar-refractivity contribution in [2.24, 2.45) is 0 Å². The molecule has 0 unspecified atom stereocenters. The third kappa shape index (κ3) is 4.26. The van der Waals surface area contributed by atoms with Crippen LogP contribution in [0.25, 0.3) is 0 Å². The van der Waals surface area contributed by atoms with Gasteiger partial charge in [-0.25, -0.2) is 4.98 Å². The van der Waals surface area contributed by atoms with Crippen molar-refractivity contribution in [1.29, 1.82) is 0 Å². The van der Waals surface area contributed by atoms with Crippen molar-refractivity contribution in [2.45, 2.75) is 18.4 Å². The van der Waals surface area contributed by atoms with Gasteiger partial charge in [-0.15, -0.1) is 0 Å². The van der Waals surface area contributed by atoms with Gasteiger partial charge in [0.25, 0.3) is 0 Å². The van der Waals surface area contributed by atoms with Gasteiger partial charge in [-0.05, 0) is 23.6 Å². The zero-order valence-electron chi connectivity index (χ0n) is 15.2. The standard InChI is InChI=1S/C22H24N4O/c23-22-24-12-11-21(25-22)26-13-14-27-19(16-26)15-20(17-7-3-1-4-8-17)18-9-5-2-6-10-18/h1-12,19-20H,13-16H2,(H2,23,24,25)/t19-/m0/s1. The molecule has 1 atom stereocenters. The van der Waals surface area contributed by atoms with Crippen molar-refractivity contribution in [1.82, 2.24) is 9.97 Å². The number of aromatic nitrogens is 2. The van der Waals surface area contributed by atoms with Gasteiger partial charge in [0.2, 0.25) is 5.95 Å². The molecule has 1 aliphatic rings. The zero-order chi connectivity index (χ0) is 18.5. The number of morpholine rings is 1. The average molecular weight is 360 g/mol. The van der Waals surface area contributed by atoms with Crippen LogP contribution in [-0.2, 0) is 4.74 Å². The predicted molar refractivity (Wildman–Crippen MR) is 108 cm³/mol. The summed E-state index contributed by atoms with van der Waals surface area (Å²) in [6, 6.07) is 23.2. The van der Waals surface area contributed by atoms with Gasteiger partial charge in [0, 0.05) is 25.2 Å². The summed E-state index contributed by atoms with van der Waals surface area (Å²) in [7, 11) is 0. The van der Waals surface area contributed by atoms with E-state index in [9.17, 15) is 0 Å². The van der Waals surface area contributed by atoms with Crippen molar-refractivity contribution in [3.63, 3.8) is 0 Å². The molecule has 0 amide bonds. The molecule has 0 radical (unpaired) electrons. The lowest BCUT2D eigenvalue weighted by Crippen LogP contribution is -2.43. The minimum atomic E-state index is 0.125. The fraction of sp³-hybridized carbons (Fsp3) is 0.273. The Balaban J connectivity index is 1.54. The molecule has 1 aromatic heterocycles. The first-order valence-electron chi connectivity index (χ1n) is 9.34. The highest BCUT2D eigenvalue weighted by atomic mass is 16.5. The maximum Gasteiger partial charge on any atom is 0.221 e. The average Bonchev–Trinajstić information content (AvgIpc) is 2.73. The van der Waals surface area contributed by atoms with Crippen LogP contribution in [0.1, 0.15) is 23.5 Å². The lowest BCUT2D eigenvalue weighted by atomic mass is 9.86. The molecule has 4 rings (SSSR count). The van der Waals surface area contributed by atoms with Crippen molar-refractivity contribution < 1.29 is 4.74 Å². The number of hydrogen-bond donors (Lipinski definition) is 1. The summed E-state index contributed by atoms with van der Waals surface area (Å²) >= 11 is 0. The molecule has 138 valence electrons. The quantitative estimate of drug-likeness (QED) is 0.755. The van der Waals surface area contributed by atoms with Crippen LogP contribution in [-0.4, -0.2) is 35.8 Å². The molecule has 5 nitrogen and oxygen atoms in total. The SMILES string of the molecule is Nc1nccc(N2CCO[C@@H](CC(c3ccccc3)c3ccccc3)C2)n1. The van der Waals surface area contributed by atoms with Gasteiger partial charge in [0.05, 0.1) is 12.7 Å². The Morgan fingerprint density at radius 3 is 2.30 bits per heavy atom. The third-order valence-corrected chi connectivity index (χ3v) is 5.02. The van der Waals surface area contributed by atoms with Crippen LogP contribution < -0.4 is 10.6 Å². The van der Waals surface area contributed by atoms with Crippen LogP contribution in [0, 0.1) is 0 Å². The molecule has 3 aromatic rings. The molecule has 5 heteroatoms. The number of ether oxygens (including phenoxy) is 1. The third-order valence-electron chi connectivity index (χ3n) is 5.02. The second-order valence-corrected chi connectivity index (χ2v) is 6.82. The Morgan fingerprint density at radius 2 is 1.67 bits per heavy atom. The second kappa shape index (κ2) is 8.18. The lowest BCUT2D eigenvalue weighted by molar-refractivity contribution is 0.0324. The molecule has 1 saturated heterocycles. The Hall–Kier alpha value is -2.92. The first kappa shape index (κ1) is 17.5. The Kier molecular flexibility index (Phi) is 5.30. The normalized spacial score (nSPS) is 17.2. The van der Waals surface area contributed by atoms with E-state index < -0.39 is 0 Å². The maximum absolute atomic E-state index is 6.12. The molecule has 0 spiro atoms. The molecule has 27 heavy (non-hydrogen) atoms. The van der Waals surface area contributed by atoms with Gasteiger partial charge >= 0.3 is 0 Å². The summed E-state index contributed by atoms with van der Waals surface area (Å²) in [5, 5.41) is 0. The molecule has 2 N–H and O–H groups in total. The van der Waals surface area contributed by atoms with E-state index in [1.165, 1.54) is 11.1 Å². The highest BCUT2D eigenvalue weighted by Crippen LogP contribution is 2.31. The number of rotatable bonds is 5. The first-order valence-corrected chi connectivity index (χ1v) is 9.34. The Bertz CT molecular complexity index is 817. The number of anilines is 2. The summed E-state index contributed by atoms with van der Waals surface area (Å²) in [6.07, 6.45) is 2.75. The summed E-state index contributed by atoms with van der Waals surface area (Å²) in [4.78, 5) is 10.6. The van der Waals surface area contributed by atoms with E-state index >= 15 is 0 Å². The van der Waals surface area contributed by atoms with Crippen LogP contribution in [0.5, 0.6) is 0 Å². The molecule has 0 aliphatic carbocycles. The fourth-order valence-electron chi connectivity index (χ4n) is 3.71. The number of nitrogens with zero attached hydrogens (tertiary/aromatic N) is 3. The van der Waals surface area contributed by atoms with Crippen molar-refractivity contribution in [2.75, 3.05) is 30.3 Å². The largest absolute Gasteiger partial charge is 0.375 e. The van der Waals surface area contributed by atoms with Gasteiger partial charge in [-0.1, -0.05) is 60.7 Å². The summed E-state index contributed by atoms with van der Waals surface area (Å²) in [6.45, 7) is 2.30. The van der Waals surface area contributed by atoms with Gasteiger partial charge < -0.3 is 15.4 Å². The minimum absolute atomic E-state index is 0.125. The molecule has 2 aromatic carbocycles. The van der Waals surface area contributed by atoms with Crippen LogP contribution >= 0.6 is 0 Å². The number of nitrogens with two attached hydrogens (primary N) is 1. The molecule has 0 saturated carbocycles. The predicted octanol–water partition coefficient (Wildman–Crippen LogP) is 3.49. The number of nitrogen functional groups attached to an aromatic ring is 1. The molecule has 1 aliphatic heterocycles. The van der Waals surface area contributed by atoms with Gasteiger partial charge in [0.1, 0.15) is 5.82 Å². The van der Waals surface area contributed by atoms with E-state index in [0.29, 0.717) is 18.5 Å². The van der Waals surface area contributed by atoms with Crippen LogP contribution in [0.4, 0.5) is 11.8 Å². The lowest BCUT2D eigenvalue weighted by Gasteiger charge is -2.35. The Morgan fingerprint density at radius 1 is 1.00 bits per heavy atom. The minimum Gasteiger partial charge on any atom is -0.375 e. The Labute approximate surface area is 159 Å². The van der Waals surface area contributed by atoms with E-state index in [1.807, 2.05) is 6.07 Å². The molecule has 2 heterocycles. The van der Waals surface area contributed by atoms with E-state index in [1.54, 1.807) is 6.20 Å². The summed E-state index contributed by atoms with van der Waals surface area (Å²) in [5.74, 6) is 1.47. The van der Waals surface area contributed by atoms with Crippen LogP contribution in [0.2, 0.25) is 0 Å². The highest BCUT2D eigenvalue weighted by Gasteiger charge is 2.26. The highest BCUT2D eigenvalue weighted by molar-refractivity contribution is 5.41. The molecular formula is C22H24N4O. The maximum atomic E-state index is 6.12. The van der Waals surface area contributed by atoms with Crippen molar-refractivity contribution >= 4 is 11.8 Å². The first-order chi connectivity index (χ1) is 13.3. The summed E-state index contributed by atoms with van der Waals surface area (Å²) in [5.41, 5.74) is 8.38. The van der Waals surface area contributed by atoms with E-state index in [4.69, 9.17) is 10.5 Å². The smallest absolute Gasteiger partial charge is 0.221 e. The van der Waals surface area contributed by atoms with E-state index in [2.05, 4.69) is 75.5 Å². The number of benzene rings is 2.